The summed E-state index contributed by atoms with van der Waals surface area (Å²) in [6, 6.07) is 11.8. The van der Waals surface area contributed by atoms with Gasteiger partial charge in [-0.05, 0) is 30.7 Å². The molecule has 1 aromatic carbocycles. The second kappa shape index (κ2) is 7.73. The molecule has 0 radical (unpaired) electrons. The highest BCUT2D eigenvalue weighted by Gasteiger charge is 2.37. The largest absolute Gasteiger partial charge is 0.446 e. The number of hydrogen-bond acceptors (Lipinski definition) is 7. The van der Waals surface area contributed by atoms with Gasteiger partial charge in [0.2, 0.25) is 0 Å². The number of nitrogens with zero attached hydrogens (tertiary/aromatic N) is 7. The van der Waals surface area contributed by atoms with Crippen molar-refractivity contribution in [1.29, 1.82) is 0 Å². The number of nitrogens with one attached hydrogen (secondary N) is 1. The SMILES string of the molecule is Cc1nc([C@H]2COC(=O)N2c2ccn3ncc(-c4ccc(-c5nc[nH]n5)cc4)c3n2)ccc1F. The molecular formula is C23H17FN8O2. The fourth-order valence-corrected chi connectivity index (χ4v) is 3.99. The molecule has 0 bridgehead atoms. The van der Waals surface area contributed by atoms with Crippen LogP contribution in [0.15, 0.2) is 61.2 Å². The molecule has 1 atom stereocenters. The number of rotatable bonds is 4. The van der Waals surface area contributed by atoms with Gasteiger partial charge in [0.25, 0.3) is 0 Å². The first-order valence-electron chi connectivity index (χ1n) is 10.5. The van der Waals surface area contributed by atoms with Crippen molar-refractivity contribution < 1.29 is 13.9 Å². The molecule has 1 aliphatic rings. The molecule has 1 fully saturated rings. The summed E-state index contributed by atoms with van der Waals surface area (Å²) in [5.41, 5.74) is 3.93. The Bertz CT molecular complexity index is 1510. The molecule has 0 aliphatic carbocycles. The topological polar surface area (TPSA) is 114 Å². The molecule has 1 aliphatic heterocycles. The lowest BCUT2D eigenvalue weighted by Gasteiger charge is -2.20. The number of halogens is 1. The van der Waals surface area contributed by atoms with Gasteiger partial charge in [0.1, 0.15) is 30.6 Å². The van der Waals surface area contributed by atoms with E-state index in [9.17, 15) is 9.18 Å². The van der Waals surface area contributed by atoms with Crippen LogP contribution in [-0.2, 0) is 4.74 Å². The Morgan fingerprint density at radius 1 is 1.09 bits per heavy atom. The molecule has 10 nitrogen and oxygen atoms in total. The first-order chi connectivity index (χ1) is 16.6. The Kier molecular flexibility index (Phi) is 4.54. The number of carbonyl (C=O) groups excluding carboxylic acids is 1. The van der Waals surface area contributed by atoms with Crippen molar-refractivity contribution in [3.8, 4) is 22.5 Å². The number of ether oxygens (including phenoxy) is 1. The van der Waals surface area contributed by atoms with Gasteiger partial charge in [-0.3, -0.25) is 10.1 Å². The maximum absolute atomic E-state index is 13.7. The first-order valence-corrected chi connectivity index (χ1v) is 10.5. The lowest BCUT2D eigenvalue weighted by atomic mass is 10.1. The zero-order valence-corrected chi connectivity index (χ0v) is 17.9. The molecular weight excluding hydrogens is 439 g/mol. The fraction of sp³-hybridized carbons (Fsp3) is 0.130. The van der Waals surface area contributed by atoms with Gasteiger partial charge in [-0.15, -0.1) is 0 Å². The van der Waals surface area contributed by atoms with E-state index in [1.165, 1.54) is 17.3 Å². The number of aryl methyl sites for hydroxylation is 1. The third-order valence-corrected chi connectivity index (χ3v) is 5.73. The van der Waals surface area contributed by atoms with Gasteiger partial charge in [0.05, 0.1) is 17.6 Å². The first kappa shape index (κ1) is 20.0. The van der Waals surface area contributed by atoms with Crippen LogP contribution in [0, 0.1) is 12.7 Å². The van der Waals surface area contributed by atoms with Crippen LogP contribution in [0.2, 0.25) is 0 Å². The molecule has 5 heterocycles. The summed E-state index contributed by atoms with van der Waals surface area (Å²) in [7, 11) is 0. The third-order valence-electron chi connectivity index (χ3n) is 5.73. The van der Waals surface area contributed by atoms with E-state index in [0.717, 1.165) is 16.7 Å². The number of carbonyl (C=O) groups is 1. The molecule has 6 rings (SSSR count). The summed E-state index contributed by atoms with van der Waals surface area (Å²) < 4.78 is 20.7. The van der Waals surface area contributed by atoms with Gasteiger partial charge in [-0.1, -0.05) is 24.3 Å². The van der Waals surface area contributed by atoms with Crippen molar-refractivity contribution in [2.75, 3.05) is 11.5 Å². The predicted octanol–water partition coefficient (Wildman–Crippen LogP) is 3.72. The van der Waals surface area contributed by atoms with Crippen LogP contribution in [-0.4, -0.2) is 47.5 Å². The van der Waals surface area contributed by atoms with Crippen LogP contribution in [0.3, 0.4) is 0 Å². The summed E-state index contributed by atoms with van der Waals surface area (Å²) in [5.74, 6) is 0.594. The fourth-order valence-electron chi connectivity index (χ4n) is 3.99. The Morgan fingerprint density at radius 2 is 1.91 bits per heavy atom. The number of aromatic amines is 1. The van der Waals surface area contributed by atoms with Crippen LogP contribution >= 0.6 is 0 Å². The second-order valence-electron chi connectivity index (χ2n) is 7.78. The highest BCUT2D eigenvalue weighted by Crippen LogP contribution is 2.33. The van der Waals surface area contributed by atoms with Crippen molar-refractivity contribution >= 4 is 17.6 Å². The van der Waals surface area contributed by atoms with Gasteiger partial charge in [-0.25, -0.2) is 28.6 Å². The van der Waals surface area contributed by atoms with E-state index in [0.29, 0.717) is 23.0 Å². The molecule has 168 valence electrons. The molecule has 0 spiro atoms. The Hall–Kier alpha value is -4.67. The number of hydrogen-bond donors (Lipinski definition) is 1. The van der Waals surface area contributed by atoms with Gasteiger partial charge in [0.15, 0.2) is 11.5 Å². The number of anilines is 1. The predicted molar refractivity (Wildman–Crippen MR) is 119 cm³/mol. The van der Waals surface area contributed by atoms with Gasteiger partial charge in [0, 0.05) is 17.3 Å². The number of benzene rings is 1. The van der Waals surface area contributed by atoms with Crippen molar-refractivity contribution in [2.24, 2.45) is 0 Å². The molecule has 0 unspecified atom stereocenters. The number of cyclic esters (lactones) is 1. The maximum atomic E-state index is 13.7. The number of pyridine rings is 1. The van der Waals surface area contributed by atoms with Crippen LogP contribution in [0.5, 0.6) is 0 Å². The van der Waals surface area contributed by atoms with Crippen molar-refractivity contribution in [1.82, 2.24) is 34.8 Å². The zero-order valence-electron chi connectivity index (χ0n) is 17.9. The molecule has 11 heteroatoms. The number of fused-ring (bicyclic) bond motifs is 1. The minimum atomic E-state index is -0.539. The van der Waals surface area contributed by atoms with E-state index in [1.54, 1.807) is 36.0 Å². The van der Waals surface area contributed by atoms with Gasteiger partial charge >= 0.3 is 6.09 Å². The van der Waals surface area contributed by atoms with E-state index in [4.69, 9.17) is 9.72 Å². The average Bonchev–Trinajstić information content (AvgIpc) is 3.60. The average molecular weight is 456 g/mol. The summed E-state index contributed by atoms with van der Waals surface area (Å²) in [4.78, 5) is 27.2. The highest BCUT2D eigenvalue weighted by atomic mass is 19.1. The Balaban J connectivity index is 1.38. The van der Waals surface area contributed by atoms with E-state index in [1.807, 2.05) is 24.3 Å². The molecule has 5 aromatic rings. The van der Waals surface area contributed by atoms with E-state index in [-0.39, 0.29) is 12.3 Å². The highest BCUT2D eigenvalue weighted by molar-refractivity contribution is 5.90. The van der Waals surface area contributed by atoms with Crippen molar-refractivity contribution in [3.63, 3.8) is 0 Å². The molecule has 34 heavy (non-hydrogen) atoms. The van der Waals surface area contributed by atoms with Gasteiger partial charge in [-0.2, -0.15) is 10.2 Å². The van der Waals surface area contributed by atoms with Crippen LogP contribution in [0.4, 0.5) is 15.0 Å². The maximum Gasteiger partial charge on any atom is 0.416 e. The lowest BCUT2D eigenvalue weighted by Crippen LogP contribution is -2.29. The molecule has 0 saturated carbocycles. The summed E-state index contributed by atoms with van der Waals surface area (Å²) in [6.07, 6.45) is 4.44. The smallest absolute Gasteiger partial charge is 0.416 e. The Labute approximate surface area is 192 Å². The molecule has 4 aromatic heterocycles. The van der Waals surface area contributed by atoms with E-state index < -0.39 is 18.0 Å². The monoisotopic (exact) mass is 456 g/mol. The summed E-state index contributed by atoms with van der Waals surface area (Å²) in [5, 5.41) is 11.2. The quantitative estimate of drug-likeness (QED) is 0.438. The van der Waals surface area contributed by atoms with Crippen molar-refractivity contribution in [2.45, 2.75) is 13.0 Å². The minimum Gasteiger partial charge on any atom is -0.446 e. The van der Waals surface area contributed by atoms with Gasteiger partial charge < -0.3 is 4.74 Å². The van der Waals surface area contributed by atoms with Crippen LogP contribution in [0.25, 0.3) is 28.2 Å². The Morgan fingerprint density at radius 3 is 2.68 bits per heavy atom. The normalized spacial score (nSPS) is 15.8. The molecule has 1 amide bonds. The number of H-pyrrole nitrogens is 1. The lowest BCUT2D eigenvalue weighted by molar-refractivity contribution is 0.178. The second-order valence-corrected chi connectivity index (χ2v) is 7.78. The molecule has 1 saturated heterocycles. The van der Waals surface area contributed by atoms with E-state index in [2.05, 4.69) is 25.3 Å². The summed E-state index contributed by atoms with van der Waals surface area (Å²) in [6.45, 7) is 1.68. The minimum absolute atomic E-state index is 0.0958. The van der Waals surface area contributed by atoms with Crippen LogP contribution in [0.1, 0.15) is 17.4 Å². The zero-order chi connectivity index (χ0) is 23.2. The summed E-state index contributed by atoms with van der Waals surface area (Å²) >= 11 is 0. The van der Waals surface area contributed by atoms with Crippen LogP contribution < -0.4 is 4.90 Å². The third kappa shape index (κ3) is 3.25. The number of amides is 1. The molecule has 1 N–H and O–H groups in total. The van der Waals surface area contributed by atoms with E-state index >= 15 is 0 Å². The standard InChI is InChI=1S/C23H17FN8O2/c1-13-17(24)6-7-18(28-13)19-11-34-23(33)32(19)20-8-9-31-22(29-20)16(10-27-31)14-2-4-15(5-3-14)21-25-12-26-30-21/h2-10,12,19H,11H2,1H3,(H,25,26,30)/t19-/m1/s1. The number of aromatic nitrogens is 7. The van der Waals surface area contributed by atoms with Crippen molar-refractivity contribution in [3.05, 3.63) is 78.4 Å².